The Morgan fingerprint density at radius 1 is 0.769 bits per heavy atom. The van der Waals surface area contributed by atoms with Crippen molar-refractivity contribution in [3.05, 3.63) is 77.5 Å². The molecule has 0 radical (unpaired) electrons. The minimum Gasteiger partial charge on any atom is -0.493 e. The highest BCUT2D eigenvalue weighted by atomic mass is 16.5. The van der Waals surface area contributed by atoms with E-state index < -0.39 is 5.91 Å². The largest absolute Gasteiger partial charge is 0.493 e. The highest BCUT2D eigenvalue weighted by Gasteiger charge is 2.21. The van der Waals surface area contributed by atoms with E-state index in [0.717, 1.165) is 11.1 Å². The zero-order valence-electron chi connectivity index (χ0n) is 22.6. The second kappa shape index (κ2) is 12.0. The van der Waals surface area contributed by atoms with Crippen molar-refractivity contribution in [1.29, 1.82) is 0 Å². The van der Waals surface area contributed by atoms with Crippen molar-refractivity contribution in [3.8, 4) is 34.6 Å². The maximum Gasteiger partial charge on any atom is 0.262 e. The number of rotatable bonds is 10. The van der Waals surface area contributed by atoms with Crippen molar-refractivity contribution >= 4 is 23.2 Å². The maximum atomic E-state index is 13.4. The minimum atomic E-state index is -0.420. The molecule has 0 atom stereocenters. The SMILES string of the molecule is COc1ccccc1Oc1nc(Nc2cc(OC)c(OC)c(OC)c2)ncc1C(=O)Nc1c(C)cccc1C. The van der Waals surface area contributed by atoms with E-state index in [9.17, 15) is 4.79 Å². The minimum absolute atomic E-state index is 0.0354. The first-order valence-electron chi connectivity index (χ1n) is 12.0. The van der Waals surface area contributed by atoms with E-state index in [0.29, 0.717) is 40.1 Å². The van der Waals surface area contributed by atoms with Gasteiger partial charge in [0, 0.05) is 29.7 Å². The molecule has 0 unspecified atom stereocenters. The second-order valence-corrected chi connectivity index (χ2v) is 8.43. The van der Waals surface area contributed by atoms with Gasteiger partial charge in [0.05, 0.1) is 28.4 Å². The van der Waals surface area contributed by atoms with E-state index >= 15 is 0 Å². The van der Waals surface area contributed by atoms with Crippen LogP contribution in [0.5, 0.6) is 34.6 Å². The highest BCUT2D eigenvalue weighted by molar-refractivity contribution is 6.06. The number of nitrogens with zero attached hydrogens (tertiary/aromatic N) is 2. The molecule has 4 rings (SSSR count). The number of aryl methyl sites for hydroxylation is 2. The van der Waals surface area contributed by atoms with Gasteiger partial charge in [-0.2, -0.15) is 4.98 Å². The van der Waals surface area contributed by atoms with E-state index in [4.69, 9.17) is 23.7 Å². The Morgan fingerprint density at radius 2 is 1.38 bits per heavy atom. The van der Waals surface area contributed by atoms with Crippen LogP contribution in [0.2, 0.25) is 0 Å². The number of carbonyl (C=O) groups excluding carboxylic acids is 1. The Bertz CT molecular complexity index is 1450. The molecule has 0 saturated carbocycles. The molecule has 0 bridgehead atoms. The lowest BCUT2D eigenvalue weighted by molar-refractivity contribution is 0.102. The fraction of sp³-hybridized carbons (Fsp3) is 0.207. The van der Waals surface area contributed by atoms with Gasteiger partial charge in [0.1, 0.15) is 5.56 Å². The maximum absolute atomic E-state index is 13.4. The van der Waals surface area contributed by atoms with Gasteiger partial charge in [-0.3, -0.25) is 4.79 Å². The molecular weight excluding hydrogens is 500 g/mol. The predicted octanol–water partition coefficient (Wildman–Crippen LogP) is 5.92. The molecular formula is C29H30N4O6. The molecule has 1 aromatic heterocycles. The van der Waals surface area contributed by atoms with Crippen LogP contribution < -0.4 is 34.3 Å². The summed E-state index contributed by atoms with van der Waals surface area (Å²) < 4.78 is 27.8. The van der Waals surface area contributed by atoms with E-state index in [1.807, 2.05) is 38.1 Å². The normalized spacial score (nSPS) is 10.4. The number of amides is 1. The Hall–Kier alpha value is -4.99. The van der Waals surface area contributed by atoms with Crippen molar-refractivity contribution in [2.45, 2.75) is 13.8 Å². The van der Waals surface area contributed by atoms with Crippen LogP contribution in [-0.4, -0.2) is 44.3 Å². The number of para-hydroxylation sites is 3. The van der Waals surface area contributed by atoms with Gasteiger partial charge in [-0.15, -0.1) is 0 Å². The van der Waals surface area contributed by atoms with Gasteiger partial charge < -0.3 is 34.3 Å². The lowest BCUT2D eigenvalue weighted by atomic mass is 10.1. The molecule has 3 aromatic carbocycles. The number of aromatic nitrogens is 2. The number of hydrogen-bond acceptors (Lipinski definition) is 9. The molecule has 1 amide bonds. The van der Waals surface area contributed by atoms with Crippen molar-refractivity contribution in [1.82, 2.24) is 9.97 Å². The van der Waals surface area contributed by atoms with Gasteiger partial charge >= 0.3 is 0 Å². The second-order valence-electron chi connectivity index (χ2n) is 8.43. The Balaban J connectivity index is 1.74. The molecule has 202 valence electrons. The quantitative estimate of drug-likeness (QED) is 0.258. The molecule has 10 nitrogen and oxygen atoms in total. The first-order valence-corrected chi connectivity index (χ1v) is 12.0. The van der Waals surface area contributed by atoms with Gasteiger partial charge in [-0.25, -0.2) is 4.98 Å². The van der Waals surface area contributed by atoms with Crippen molar-refractivity contribution in [2.24, 2.45) is 0 Å². The molecule has 2 N–H and O–H groups in total. The smallest absolute Gasteiger partial charge is 0.262 e. The van der Waals surface area contributed by atoms with Crippen LogP contribution in [0, 0.1) is 13.8 Å². The molecule has 0 saturated heterocycles. The average Bonchev–Trinajstić information content (AvgIpc) is 2.94. The lowest BCUT2D eigenvalue weighted by Crippen LogP contribution is -2.16. The number of nitrogens with one attached hydrogen (secondary N) is 2. The van der Waals surface area contributed by atoms with Crippen LogP contribution in [0.1, 0.15) is 21.5 Å². The first kappa shape index (κ1) is 27.1. The third-order valence-electron chi connectivity index (χ3n) is 5.91. The molecule has 1 heterocycles. The summed E-state index contributed by atoms with van der Waals surface area (Å²) in [6.45, 7) is 3.85. The van der Waals surface area contributed by atoms with E-state index in [1.165, 1.54) is 34.6 Å². The van der Waals surface area contributed by atoms with E-state index in [-0.39, 0.29) is 17.4 Å². The number of ether oxygens (including phenoxy) is 5. The van der Waals surface area contributed by atoms with Gasteiger partial charge in [0.2, 0.25) is 17.6 Å². The molecule has 10 heteroatoms. The van der Waals surface area contributed by atoms with Crippen molar-refractivity contribution < 1.29 is 28.5 Å². The zero-order chi connectivity index (χ0) is 27.9. The van der Waals surface area contributed by atoms with Crippen LogP contribution in [0.15, 0.2) is 60.8 Å². The fourth-order valence-electron chi connectivity index (χ4n) is 3.94. The molecule has 0 aliphatic carbocycles. The predicted molar refractivity (Wildman–Crippen MR) is 148 cm³/mol. The number of carbonyl (C=O) groups is 1. The number of benzene rings is 3. The van der Waals surface area contributed by atoms with Crippen LogP contribution in [0.25, 0.3) is 0 Å². The fourth-order valence-corrected chi connectivity index (χ4v) is 3.94. The Kier molecular flexibility index (Phi) is 8.35. The van der Waals surface area contributed by atoms with Gasteiger partial charge in [0.15, 0.2) is 23.0 Å². The number of methoxy groups -OCH3 is 4. The molecule has 0 aliphatic rings. The van der Waals surface area contributed by atoms with Crippen LogP contribution >= 0.6 is 0 Å². The average molecular weight is 531 g/mol. The topological polar surface area (TPSA) is 113 Å². The first-order chi connectivity index (χ1) is 18.9. The van der Waals surface area contributed by atoms with Crippen molar-refractivity contribution in [3.63, 3.8) is 0 Å². The molecule has 4 aromatic rings. The van der Waals surface area contributed by atoms with Gasteiger partial charge in [0.25, 0.3) is 5.91 Å². The molecule has 0 spiro atoms. The summed E-state index contributed by atoms with van der Waals surface area (Å²) >= 11 is 0. The van der Waals surface area contributed by atoms with Crippen LogP contribution in [-0.2, 0) is 0 Å². The number of hydrogen-bond donors (Lipinski definition) is 2. The summed E-state index contributed by atoms with van der Waals surface area (Å²) in [5.74, 6) is 2.02. The van der Waals surface area contributed by atoms with Crippen molar-refractivity contribution in [2.75, 3.05) is 39.1 Å². The highest BCUT2D eigenvalue weighted by Crippen LogP contribution is 2.40. The summed E-state index contributed by atoms with van der Waals surface area (Å²) in [5, 5.41) is 6.08. The summed E-state index contributed by atoms with van der Waals surface area (Å²) in [6.07, 6.45) is 1.40. The van der Waals surface area contributed by atoms with Crippen LogP contribution in [0.3, 0.4) is 0 Å². The van der Waals surface area contributed by atoms with E-state index in [1.54, 1.807) is 30.3 Å². The molecule has 0 aliphatic heterocycles. The third-order valence-corrected chi connectivity index (χ3v) is 5.91. The molecule has 39 heavy (non-hydrogen) atoms. The lowest BCUT2D eigenvalue weighted by Gasteiger charge is -2.16. The number of anilines is 3. The zero-order valence-corrected chi connectivity index (χ0v) is 22.6. The summed E-state index contributed by atoms with van der Waals surface area (Å²) in [6, 6.07) is 16.3. The Morgan fingerprint density at radius 3 is 1.97 bits per heavy atom. The standard InChI is InChI=1S/C29H30N4O6/c1-17-10-9-11-18(2)25(17)32-27(34)20-16-30-29(33-28(20)39-22-13-8-7-12-21(22)35-3)31-19-14-23(36-4)26(38-6)24(15-19)37-5/h7-16H,1-6H3,(H,32,34)(H,30,31,33). The monoisotopic (exact) mass is 530 g/mol. The molecule has 0 fully saturated rings. The Labute approximate surface area is 226 Å². The summed E-state index contributed by atoms with van der Waals surface area (Å²) in [7, 11) is 6.12. The van der Waals surface area contributed by atoms with Gasteiger partial charge in [-0.1, -0.05) is 30.3 Å². The van der Waals surface area contributed by atoms with E-state index in [2.05, 4.69) is 20.6 Å². The van der Waals surface area contributed by atoms with Crippen LogP contribution in [0.4, 0.5) is 17.3 Å². The summed E-state index contributed by atoms with van der Waals surface area (Å²) in [5.41, 5.74) is 3.28. The van der Waals surface area contributed by atoms with Gasteiger partial charge in [-0.05, 0) is 37.1 Å². The third kappa shape index (κ3) is 5.96. The summed E-state index contributed by atoms with van der Waals surface area (Å²) in [4.78, 5) is 22.3.